The second-order valence-electron chi connectivity index (χ2n) is 5.71. The van der Waals surface area contributed by atoms with Crippen LogP contribution < -0.4 is 10.6 Å². The number of hydrogen-bond acceptors (Lipinski definition) is 4. The van der Waals surface area contributed by atoms with Crippen molar-refractivity contribution in [1.29, 1.82) is 0 Å². The van der Waals surface area contributed by atoms with Crippen LogP contribution in [-0.4, -0.2) is 17.1 Å². The van der Waals surface area contributed by atoms with Crippen LogP contribution in [-0.2, 0) is 9.59 Å². The molecule has 1 aliphatic heterocycles. The van der Waals surface area contributed by atoms with E-state index < -0.39 is 5.25 Å². The van der Waals surface area contributed by atoms with Crippen LogP contribution in [0.15, 0.2) is 47.4 Å². The maximum absolute atomic E-state index is 12.7. The van der Waals surface area contributed by atoms with Crippen LogP contribution in [0.5, 0.6) is 0 Å². The first kappa shape index (κ1) is 15.6. The first-order valence-electron chi connectivity index (χ1n) is 7.42. The zero-order chi connectivity index (χ0) is 16.6. The second-order valence-corrected chi connectivity index (χ2v) is 6.95. The summed E-state index contributed by atoms with van der Waals surface area (Å²) in [6, 6.07) is 13.1. The minimum absolute atomic E-state index is 0.158. The molecule has 3 rings (SSSR count). The van der Waals surface area contributed by atoms with E-state index in [0.29, 0.717) is 11.4 Å². The number of anilines is 2. The van der Waals surface area contributed by atoms with Crippen LogP contribution >= 0.6 is 11.8 Å². The van der Waals surface area contributed by atoms with Crippen molar-refractivity contribution in [2.45, 2.75) is 30.4 Å². The number of carbonyl (C=O) groups excluding carboxylic acids is 2. The average molecular weight is 326 g/mol. The number of benzene rings is 2. The lowest BCUT2D eigenvalue weighted by Crippen LogP contribution is -2.31. The number of imide groups is 1. The van der Waals surface area contributed by atoms with Crippen molar-refractivity contribution in [1.82, 2.24) is 0 Å². The number of nitrogens with two attached hydrogens (primary N) is 1. The maximum atomic E-state index is 12.7. The number of thioether (sulfide) groups is 1. The van der Waals surface area contributed by atoms with Gasteiger partial charge in [-0.1, -0.05) is 29.8 Å². The highest BCUT2D eigenvalue weighted by Gasteiger charge is 2.40. The van der Waals surface area contributed by atoms with Gasteiger partial charge in [0, 0.05) is 17.0 Å². The molecule has 4 nitrogen and oxygen atoms in total. The van der Waals surface area contributed by atoms with Gasteiger partial charge in [-0.05, 0) is 37.6 Å². The number of aryl methyl sites for hydroxylation is 2. The predicted molar refractivity (Wildman–Crippen MR) is 93.5 cm³/mol. The van der Waals surface area contributed by atoms with E-state index in [4.69, 9.17) is 5.73 Å². The van der Waals surface area contributed by atoms with E-state index in [9.17, 15) is 9.59 Å². The SMILES string of the molecule is Cc1ccc(N2C(=O)CC(Sc3ccccc3N)C2=O)c(C)c1. The Morgan fingerprint density at radius 2 is 1.87 bits per heavy atom. The Labute approximate surface area is 139 Å². The molecule has 5 heteroatoms. The summed E-state index contributed by atoms with van der Waals surface area (Å²) >= 11 is 1.36. The molecule has 0 saturated carbocycles. The second kappa shape index (κ2) is 6.08. The van der Waals surface area contributed by atoms with Gasteiger partial charge in [0.05, 0.1) is 10.9 Å². The summed E-state index contributed by atoms with van der Waals surface area (Å²) in [6.45, 7) is 3.90. The summed E-state index contributed by atoms with van der Waals surface area (Å²) in [6.07, 6.45) is 0.200. The van der Waals surface area contributed by atoms with E-state index in [0.717, 1.165) is 16.0 Å². The zero-order valence-corrected chi connectivity index (χ0v) is 13.9. The molecule has 1 aliphatic rings. The molecule has 118 valence electrons. The van der Waals surface area contributed by atoms with Crippen LogP contribution in [0.3, 0.4) is 0 Å². The standard InChI is InChI=1S/C18H18N2O2S/c1-11-7-8-14(12(2)9-11)20-17(21)10-16(18(20)22)23-15-6-4-3-5-13(15)19/h3-9,16H,10,19H2,1-2H3. The van der Waals surface area contributed by atoms with Gasteiger partial charge < -0.3 is 5.73 Å². The lowest BCUT2D eigenvalue weighted by molar-refractivity contribution is -0.121. The van der Waals surface area contributed by atoms with Crippen LogP contribution in [0.2, 0.25) is 0 Å². The number of nitrogens with zero attached hydrogens (tertiary/aromatic N) is 1. The first-order valence-corrected chi connectivity index (χ1v) is 8.30. The van der Waals surface area contributed by atoms with Gasteiger partial charge in [-0.25, -0.2) is 4.90 Å². The number of rotatable bonds is 3. The lowest BCUT2D eigenvalue weighted by atomic mass is 10.1. The molecule has 1 heterocycles. The summed E-state index contributed by atoms with van der Waals surface area (Å²) in [5.74, 6) is -0.329. The summed E-state index contributed by atoms with van der Waals surface area (Å²) in [5.41, 5.74) is 9.27. The number of para-hydroxylation sites is 1. The van der Waals surface area contributed by atoms with Gasteiger partial charge in [0.1, 0.15) is 0 Å². The third kappa shape index (κ3) is 2.97. The molecule has 1 fully saturated rings. The van der Waals surface area contributed by atoms with E-state index in [1.165, 1.54) is 16.7 Å². The average Bonchev–Trinajstić information content (AvgIpc) is 2.77. The molecular formula is C18H18N2O2S. The number of hydrogen-bond donors (Lipinski definition) is 1. The number of amides is 2. The Morgan fingerprint density at radius 3 is 2.57 bits per heavy atom. The highest BCUT2D eigenvalue weighted by Crippen LogP contribution is 2.37. The fraction of sp³-hybridized carbons (Fsp3) is 0.222. The van der Waals surface area contributed by atoms with Crippen LogP contribution in [0.4, 0.5) is 11.4 Å². The summed E-state index contributed by atoms with van der Waals surface area (Å²) in [4.78, 5) is 27.2. The van der Waals surface area contributed by atoms with Crippen molar-refractivity contribution in [3.8, 4) is 0 Å². The minimum atomic E-state index is -0.423. The van der Waals surface area contributed by atoms with Gasteiger partial charge in [0.2, 0.25) is 11.8 Å². The number of nitrogen functional groups attached to an aromatic ring is 1. The minimum Gasteiger partial charge on any atom is -0.398 e. The molecule has 0 aliphatic carbocycles. The van der Waals surface area contributed by atoms with E-state index in [-0.39, 0.29) is 18.2 Å². The molecule has 2 aromatic carbocycles. The topological polar surface area (TPSA) is 63.4 Å². The molecule has 1 atom stereocenters. The van der Waals surface area contributed by atoms with Crippen molar-refractivity contribution in [3.05, 3.63) is 53.6 Å². The highest BCUT2D eigenvalue weighted by atomic mass is 32.2. The number of carbonyl (C=O) groups is 2. The Bertz CT molecular complexity index is 788. The van der Waals surface area contributed by atoms with Gasteiger partial charge in [-0.2, -0.15) is 0 Å². The highest BCUT2D eigenvalue weighted by molar-refractivity contribution is 8.00. The quantitative estimate of drug-likeness (QED) is 0.694. The molecule has 0 aromatic heterocycles. The summed E-state index contributed by atoms with van der Waals surface area (Å²) in [7, 11) is 0. The fourth-order valence-electron chi connectivity index (χ4n) is 2.75. The molecule has 0 bridgehead atoms. The Kier molecular flexibility index (Phi) is 4.13. The summed E-state index contributed by atoms with van der Waals surface area (Å²) < 4.78 is 0. The van der Waals surface area contributed by atoms with E-state index in [1.807, 2.05) is 50.2 Å². The van der Waals surface area contributed by atoms with Gasteiger partial charge in [-0.15, -0.1) is 11.8 Å². The molecule has 0 radical (unpaired) electrons. The van der Waals surface area contributed by atoms with Gasteiger partial charge in [0.15, 0.2) is 0 Å². The smallest absolute Gasteiger partial charge is 0.247 e. The predicted octanol–water partition coefficient (Wildman–Crippen LogP) is 3.31. The molecule has 2 amide bonds. The van der Waals surface area contributed by atoms with Crippen molar-refractivity contribution < 1.29 is 9.59 Å². The van der Waals surface area contributed by atoms with E-state index in [1.54, 1.807) is 6.07 Å². The van der Waals surface area contributed by atoms with Crippen LogP contribution in [0, 0.1) is 13.8 Å². The molecule has 23 heavy (non-hydrogen) atoms. The first-order chi connectivity index (χ1) is 11.0. The molecule has 2 aromatic rings. The molecular weight excluding hydrogens is 308 g/mol. The maximum Gasteiger partial charge on any atom is 0.247 e. The molecule has 0 spiro atoms. The van der Waals surface area contributed by atoms with Gasteiger partial charge in [0.25, 0.3) is 0 Å². The molecule has 1 saturated heterocycles. The summed E-state index contributed by atoms with van der Waals surface area (Å²) in [5, 5.41) is -0.423. The normalized spacial score (nSPS) is 17.8. The third-order valence-electron chi connectivity index (χ3n) is 3.89. The zero-order valence-electron chi connectivity index (χ0n) is 13.1. The fourth-order valence-corrected chi connectivity index (χ4v) is 3.85. The van der Waals surface area contributed by atoms with Crippen molar-refractivity contribution in [2.24, 2.45) is 0 Å². The van der Waals surface area contributed by atoms with Crippen LogP contribution in [0.1, 0.15) is 17.5 Å². The monoisotopic (exact) mass is 326 g/mol. The Balaban J connectivity index is 1.87. The largest absolute Gasteiger partial charge is 0.398 e. The Hall–Kier alpha value is -2.27. The van der Waals surface area contributed by atoms with Gasteiger partial charge in [-0.3, -0.25) is 9.59 Å². The van der Waals surface area contributed by atoms with Crippen molar-refractivity contribution in [2.75, 3.05) is 10.6 Å². The molecule has 1 unspecified atom stereocenters. The van der Waals surface area contributed by atoms with Crippen molar-refractivity contribution >= 4 is 35.0 Å². The van der Waals surface area contributed by atoms with Crippen LogP contribution in [0.25, 0.3) is 0 Å². The third-order valence-corrected chi connectivity index (χ3v) is 5.17. The van der Waals surface area contributed by atoms with Crippen molar-refractivity contribution in [3.63, 3.8) is 0 Å². The van der Waals surface area contributed by atoms with Gasteiger partial charge >= 0.3 is 0 Å². The Morgan fingerprint density at radius 1 is 1.13 bits per heavy atom. The van der Waals surface area contributed by atoms with E-state index >= 15 is 0 Å². The lowest BCUT2D eigenvalue weighted by Gasteiger charge is -2.18. The van der Waals surface area contributed by atoms with E-state index in [2.05, 4.69) is 0 Å². The molecule has 2 N–H and O–H groups in total.